The quantitative estimate of drug-likeness (QED) is 0.872. The van der Waals surface area contributed by atoms with E-state index in [0.29, 0.717) is 12.1 Å². The van der Waals surface area contributed by atoms with Gasteiger partial charge < -0.3 is 5.32 Å². The predicted molar refractivity (Wildman–Crippen MR) is 83.5 cm³/mol. The normalized spacial score (nSPS) is 11.2. The van der Waals surface area contributed by atoms with E-state index in [9.17, 15) is 4.79 Å². The highest BCUT2D eigenvalue weighted by Gasteiger charge is 2.03. The number of amides is 1. The van der Waals surface area contributed by atoms with Crippen LogP contribution in [0.25, 0.3) is 5.57 Å². The summed E-state index contributed by atoms with van der Waals surface area (Å²) in [5.41, 5.74) is 3.15. The summed E-state index contributed by atoms with van der Waals surface area (Å²) in [6.45, 7) is 2.67. The predicted octanol–water partition coefficient (Wildman–Crippen LogP) is 3.91. The van der Waals surface area contributed by atoms with E-state index in [0.717, 1.165) is 6.42 Å². The fourth-order valence-corrected chi connectivity index (χ4v) is 2.08. The molecule has 2 rings (SSSR count). The lowest BCUT2D eigenvalue weighted by Gasteiger charge is -2.06. The van der Waals surface area contributed by atoms with Gasteiger partial charge in [0.05, 0.1) is 0 Å². The van der Waals surface area contributed by atoms with Crippen molar-refractivity contribution in [3.8, 4) is 0 Å². The SMILES string of the molecule is CC/C(=C\CNC(=O)c1ccccc1)c1ccccc1. The molecule has 0 heterocycles. The first kappa shape index (κ1) is 14.1. The molecule has 0 bridgehead atoms. The minimum absolute atomic E-state index is 0.0367. The lowest BCUT2D eigenvalue weighted by molar-refractivity contribution is 0.0958. The molecule has 0 aliphatic rings. The van der Waals surface area contributed by atoms with Gasteiger partial charge in [-0.15, -0.1) is 0 Å². The maximum absolute atomic E-state index is 11.9. The second-order valence-corrected chi connectivity index (χ2v) is 4.52. The van der Waals surface area contributed by atoms with E-state index in [1.165, 1.54) is 11.1 Å². The zero-order valence-corrected chi connectivity index (χ0v) is 11.7. The molecule has 0 radical (unpaired) electrons. The third-order valence-electron chi connectivity index (χ3n) is 3.17. The average Bonchev–Trinajstić information content (AvgIpc) is 2.53. The fraction of sp³-hybridized carbons (Fsp3) is 0.167. The molecule has 0 saturated carbocycles. The van der Waals surface area contributed by atoms with E-state index < -0.39 is 0 Å². The van der Waals surface area contributed by atoms with Crippen molar-refractivity contribution in [2.24, 2.45) is 0 Å². The molecule has 0 aliphatic heterocycles. The molecule has 1 amide bonds. The van der Waals surface area contributed by atoms with Crippen LogP contribution in [0.15, 0.2) is 66.7 Å². The third-order valence-corrected chi connectivity index (χ3v) is 3.17. The smallest absolute Gasteiger partial charge is 0.251 e. The van der Waals surface area contributed by atoms with Crippen molar-refractivity contribution in [2.75, 3.05) is 6.54 Å². The highest BCUT2D eigenvalue weighted by atomic mass is 16.1. The average molecular weight is 265 g/mol. The minimum Gasteiger partial charge on any atom is -0.349 e. The lowest BCUT2D eigenvalue weighted by atomic mass is 10.0. The number of hydrogen-bond donors (Lipinski definition) is 1. The Morgan fingerprint density at radius 1 is 0.950 bits per heavy atom. The molecule has 0 spiro atoms. The van der Waals surface area contributed by atoms with Gasteiger partial charge in [0, 0.05) is 12.1 Å². The van der Waals surface area contributed by atoms with E-state index in [4.69, 9.17) is 0 Å². The number of hydrogen-bond acceptors (Lipinski definition) is 1. The maximum Gasteiger partial charge on any atom is 0.251 e. The van der Waals surface area contributed by atoms with Gasteiger partial charge in [0.2, 0.25) is 0 Å². The molecule has 102 valence electrons. The second-order valence-electron chi connectivity index (χ2n) is 4.52. The Labute approximate surface area is 120 Å². The number of benzene rings is 2. The van der Waals surface area contributed by atoms with Gasteiger partial charge in [-0.05, 0) is 29.7 Å². The Balaban J connectivity index is 1.97. The fourth-order valence-electron chi connectivity index (χ4n) is 2.08. The van der Waals surface area contributed by atoms with Crippen molar-refractivity contribution in [2.45, 2.75) is 13.3 Å². The van der Waals surface area contributed by atoms with Crippen LogP contribution in [0.5, 0.6) is 0 Å². The van der Waals surface area contributed by atoms with Gasteiger partial charge >= 0.3 is 0 Å². The Morgan fingerprint density at radius 2 is 1.50 bits per heavy atom. The molecule has 0 atom stereocenters. The van der Waals surface area contributed by atoms with Crippen LogP contribution >= 0.6 is 0 Å². The summed E-state index contributed by atoms with van der Waals surface area (Å²) in [7, 11) is 0. The van der Waals surface area contributed by atoms with Gasteiger partial charge in [0.25, 0.3) is 5.91 Å². The van der Waals surface area contributed by atoms with Crippen molar-refractivity contribution in [1.29, 1.82) is 0 Å². The number of allylic oxidation sites excluding steroid dienone is 1. The molecule has 0 fully saturated rings. The highest BCUT2D eigenvalue weighted by Crippen LogP contribution is 2.16. The molecule has 20 heavy (non-hydrogen) atoms. The highest BCUT2D eigenvalue weighted by molar-refractivity contribution is 5.94. The number of nitrogens with one attached hydrogen (secondary N) is 1. The van der Waals surface area contributed by atoms with E-state index in [2.05, 4.69) is 30.4 Å². The van der Waals surface area contributed by atoms with Crippen LogP contribution < -0.4 is 5.32 Å². The largest absolute Gasteiger partial charge is 0.349 e. The van der Waals surface area contributed by atoms with E-state index >= 15 is 0 Å². The molecule has 1 N–H and O–H groups in total. The van der Waals surface area contributed by atoms with Crippen LogP contribution in [-0.4, -0.2) is 12.5 Å². The number of carbonyl (C=O) groups excluding carboxylic acids is 1. The topological polar surface area (TPSA) is 29.1 Å². The van der Waals surface area contributed by atoms with E-state index in [-0.39, 0.29) is 5.91 Å². The van der Waals surface area contributed by atoms with Crippen LogP contribution in [0.4, 0.5) is 0 Å². The van der Waals surface area contributed by atoms with Gasteiger partial charge in [-0.25, -0.2) is 0 Å². The molecular weight excluding hydrogens is 246 g/mol. The van der Waals surface area contributed by atoms with Gasteiger partial charge in [-0.2, -0.15) is 0 Å². The van der Waals surface area contributed by atoms with Crippen LogP contribution in [0.1, 0.15) is 29.3 Å². The van der Waals surface area contributed by atoms with Crippen molar-refractivity contribution in [1.82, 2.24) is 5.32 Å². The third kappa shape index (κ3) is 3.82. The van der Waals surface area contributed by atoms with Crippen LogP contribution in [0, 0.1) is 0 Å². The zero-order valence-electron chi connectivity index (χ0n) is 11.7. The summed E-state index contributed by atoms with van der Waals surface area (Å²) in [4.78, 5) is 11.9. The Hall–Kier alpha value is -2.35. The van der Waals surface area contributed by atoms with Crippen molar-refractivity contribution < 1.29 is 4.79 Å². The van der Waals surface area contributed by atoms with E-state index in [1.807, 2.05) is 48.5 Å². The van der Waals surface area contributed by atoms with Crippen LogP contribution in [0.3, 0.4) is 0 Å². The van der Waals surface area contributed by atoms with Gasteiger partial charge in [-0.3, -0.25) is 4.79 Å². The standard InChI is InChI=1S/C18H19NO/c1-2-15(16-9-5-3-6-10-16)13-14-19-18(20)17-11-7-4-8-12-17/h3-13H,2,14H2,1H3,(H,19,20)/b15-13+. The van der Waals surface area contributed by atoms with E-state index in [1.54, 1.807) is 0 Å². The first-order valence-electron chi connectivity index (χ1n) is 6.89. The number of carbonyl (C=O) groups is 1. The Morgan fingerprint density at radius 3 is 2.05 bits per heavy atom. The molecule has 0 aliphatic carbocycles. The van der Waals surface area contributed by atoms with Gasteiger partial charge in [0.15, 0.2) is 0 Å². The van der Waals surface area contributed by atoms with Crippen LogP contribution in [0.2, 0.25) is 0 Å². The summed E-state index contributed by atoms with van der Waals surface area (Å²) in [5, 5.41) is 2.92. The summed E-state index contributed by atoms with van der Waals surface area (Å²) in [6.07, 6.45) is 3.03. The zero-order chi connectivity index (χ0) is 14.2. The minimum atomic E-state index is -0.0367. The van der Waals surface area contributed by atoms with Crippen molar-refractivity contribution in [3.05, 3.63) is 77.9 Å². The second kappa shape index (κ2) is 7.29. The maximum atomic E-state index is 11.9. The molecule has 0 aromatic heterocycles. The first-order chi connectivity index (χ1) is 9.81. The summed E-state index contributed by atoms with van der Waals surface area (Å²) in [5.74, 6) is -0.0367. The van der Waals surface area contributed by atoms with Crippen molar-refractivity contribution in [3.63, 3.8) is 0 Å². The van der Waals surface area contributed by atoms with Crippen molar-refractivity contribution >= 4 is 11.5 Å². The monoisotopic (exact) mass is 265 g/mol. The Kier molecular flexibility index (Phi) is 5.13. The molecule has 2 aromatic carbocycles. The lowest BCUT2D eigenvalue weighted by Crippen LogP contribution is -2.23. The molecular formula is C18H19NO. The summed E-state index contributed by atoms with van der Waals surface area (Å²) < 4.78 is 0. The molecule has 2 heteroatoms. The first-order valence-corrected chi connectivity index (χ1v) is 6.89. The number of rotatable bonds is 5. The summed E-state index contributed by atoms with van der Waals surface area (Å²) in [6, 6.07) is 19.5. The van der Waals surface area contributed by atoms with Crippen LogP contribution in [-0.2, 0) is 0 Å². The Bertz CT molecular complexity index is 573. The van der Waals surface area contributed by atoms with Gasteiger partial charge in [0.1, 0.15) is 0 Å². The molecule has 0 saturated heterocycles. The van der Waals surface area contributed by atoms with Gasteiger partial charge in [-0.1, -0.05) is 61.5 Å². The molecule has 2 nitrogen and oxygen atoms in total. The molecule has 2 aromatic rings. The molecule has 0 unspecified atom stereocenters. The summed E-state index contributed by atoms with van der Waals surface area (Å²) >= 11 is 0.